The van der Waals surface area contributed by atoms with Gasteiger partial charge in [0.25, 0.3) is 5.69 Å². The summed E-state index contributed by atoms with van der Waals surface area (Å²) < 4.78 is 0. The summed E-state index contributed by atoms with van der Waals surface area (Å²) in [6.45, 7) is 2.58. The van der Waals surface area contributed by atoms with Crippen LogP contribution in [0.5, 0.6) is 0 Å². The van der Waals surface area contributed by atoms with E-state index < -0.39 is 10.9 Å². The van der Waals surface area contributed by atoms with Crippen molar-refractivity contribution >= 4 is 11.7 Å². The molecule has 0 radical (unpaired) electrons. The first kappa shape index (κ1) is 14.5. The summed E-state index contributed by atoms with van der Waals surface area (Å²) in [5.41, 5.74) is 0.817. The second-order valence-electron chi connectivity index (χ2n) is 5.29. The number of non-ortho nitro benzene ring substituents is 1. The smallest absolute Gasteiger partial charge is 0.317 e. The van der Waals surface area contributed by atoms with E-state index in [2.05, 4.69) is 0 Å². The van der Waals surface area contributed by atoms with Crippen molar-refractivity contribution in [2.45, 2.75) is 25.8 Å². The Labute approximate surface area is 117 Å². The molecule has 108 valence electrons. The molecule has 1 unspecified atom stereocenters. The van der Waals surface area contributed by atoms with Gasteiger partial charge in [0, 0.05) is 24.7 Å². The summed E-state index contributed by atoms with van der Waals surface area (Å²) >= 11 is 0. The van der Waals surface area contributed by atoms with Gasteiger partial charge in [-0.1, -0.05) is 12.1 Å². The molecule has 1 aliphatic carbocycles. The average molecular weight is 278 g/mol. The fraction of sp³-hybridized carbons (Fsp3) is 0.500. The maximum absolute atomic E-state index is 11.0. The highest BCUT2D eigenvalue weighted by Crippen LogP contribution is 2.33. The van der Waals surface area contributed by atoms with Crippen LogP contribution in [-0.2, 0) is 4.79 Å². The van der Waals surface area contributed by atoms with E-state index in [4.69, 9.17) is 5.11 Å². The van der Waals surface area contributed by atoms with Crippen molar-refractivity contribution in [1.82, 2.24) is 4.90 Å². The molecule has 0 aliphatic heterocycles. The molecule has 1 atom stereocenters. The van der Waals surface area contributed by atoms with Crippen LogP contribution in [0.25, 0.3) is 0 Å². The van der Waals surface area contributed by atoms with Crippen LogP contribution in [-0.4, -0.2) is 34.0 Å². The van der Waals surface area contributed by atoms with E-state index in [9.17, 15) is 14.9 Å². The largest absolute Gasteiger partial charge is 0.480 e. The van der Waals surface area contributed by atoms with Crippen LogP contribution in [0.1, 0.15) is 31.4 Å². The van der Waals surface area contributed by atoms with Gasteiger partial charge in [0.15, 0.2) is 0 Å². The highest BCUT2D eigenvalue weighted by Gasteiger charge is 2.28. The molecule has 20 heavy (non-hydrogen) atoms. The van der Waals surface area contributed by atoms with Gasteiger partial charge in [-0.3, -0.25) is 19.8 Å². The minimum Gasteiger partial charge on any atom is -0.480 e. The molecule has 6 nitrogen and oxygen atoms in total. The summed E-state index contributed by atoms with van der Waals surface area (Å²) in [6.07, 6.45) is 2.27. The van der Waals surface area contributed by atoms with Crippen molar-refractivity contribution in [3.8, 4) is 0 Å². The van der Waals surface area contributed by atoms with Crippen molar-refractivity contribution in [2.24, 2.45) is 5.92 Å². The lowest BCUT2D eigenvalue weighted by atomic mass is 10.1. The molecule has 1 aromatic rings. The number of rotatable bonds is 7. The summed E-state index contributed by atoms with van der Waals surface area (Å²) in [4.78, 5) is 23.2. The monoisotopic (exact) mass is 278 g/mol. The lowest BCUT2D eigenvalue weighted by molar-refractivity contribution is -0.384. The normalized spacial score (nSPS) is 16.1. The zero-order valence-electron chi connectivity index (χ0n) is 11.4. The number of hydrogen-bond acceptors (Lipinski definition) is 4. The van der Waals surface area contributed by atoms with Crippen molar-refractivity contribution < 1.29 is 14.8 Å². The van der Waals surface area contributed by atoms with Crippen molar-refractivity contribution in [2.75, 3.05) is 13.1 Å². The van der Waals surface area contributed by atoms with E-state index in [0.29, 0.717) is 5.92 Å². The van der Waals surface area contributed by atoms with Crippen LogP contribution in [0, 0.1) is 16.0 Å². The van der Waals surface area contributed by atoms with Crippen molar-refractivity contribution in [1.29, 1.82) is 0 Å². The first-order chi connectivity index (χ1) is 9.47. The molecule has 2 rings (SSSR count). The number of nitro groups is 1. The highest BCUT2D eigenvalue weighted by molar-refractivity contribution is 5.69. The zero-order chi connectivity index (χ0) is 14.7. The average Bonchev–Trinajstić information content (AvgIpc) is 3.20. The van der Waals surface area contributed by atoms with E-state index in [1.165, 1.54) is 12.1 Å². The molecule has 1 aliphatic rings. The van der Waals surface area contributed by atoms with Gasteiger partial charge in [0.1, 0.15) is 0 Å². The Bertz CT molecular complexity index is 514. The SMILES string of the molecule is CC(c1cccc([N+](=O)[O-])c1)N(CC(=O)O)CC1CC1. The molecule has 1 saturated carbocycles. The molecule has 0 aromatic heterocycles. The lowest BCUT2D eigenvalue weighted by Crippen LogP contribution is -2.34. The number of benzene rings is 1. The van der Waals surface area contributed by atoms with Gasteiger partial charge in [-0.15, -0.1) is 0 Å². The third-order valence-corrected chi connectivity index (χ3v) is 3.64. The van der Waals surface area contributed by atoms with Crippen LogP contribution >= 0.6 is 0 Å². The van der Waals surface area contributed by atoms with Crippen LogP contribution in [0.15, 0.2) is 24.3 Å². The Morgan fingerprint density at radius 2 is 2.25 bits per heavy atom. The zero-order valence-corrected chi connectivity index (χ0v) is 11.4. The molecule has 6 heteroatoms. The molecule has 1 fully saturated rings. The van der Waals surface area contributed by atoms with Gasteiger partial charge in [-0.05, 0) is 31.2 Å². The number of hydrogen-bond donors (Lipinski definition) is 1. The van der Waals surface area contributed by atoms with E-state index >= 15 is 0 Å². The number of carboxylic acid groups (broad SMARTS) is 1. The molecule has 0 heterocycles. The molecule has 1 aromatic carbocycles. The van der Waals surface area contributed by atoms with Gasteiger partial charge < -0.3 is 5.11 Å². The second-order valence-corrected chi connectivity index (χ2v) is 5.29. The summed E-state index contributed by atoms with van der Waals surface area (Å²) in [7, 11) is 0. The third kappa shape index (κ3) is 3.77. The Morgan fingerprint density at radius 3 is 2.80 bits per heavy atom. The highest BCUT2D eigenvalue weighted by atomic mass is 16.6. The predicted molar refractivity (Wildman–Crippen MR) is 73.4 cm³/mol. The number of nitrogens with zero attached hydrogens (tertiary/aromatic N) is 2. The molecular weight excluding hydrogens is 260 g/mol. The predicted octanol–water partition coefficient (Wildman–Crippen LogP) is 2.45. The van der Waals surface area contributed by atoms with E-state index in [1.807, 2.05) is 11.8 Å². The maximum atomic E-state index is 11.0. The fourth-order valence-corrected chi connectivity index (χ4v) is 2.27. The number of carboxylic acids is 1. The van der Waals surface area contributed by atoms with Crippen LogP contribution in [0.2, 0.25) is 0 Å². The maximum Gasteiger partial charge on any atom is 0.317 e. The Balaban J connectivity index is 2.16. The lowest BCUT2D eigenvalue weighted by Gasteiger charge is -2.27. The Morgan fingerprint density at radius 1 is 1.55 bits per heavy atom. The molecule has 0 amide bonds. The topological polar surface area (TPSA) is 83.7 Å². The van der Waals surface area contributed by atoms with E-state index in [1.54, 1.807) is 12.1 Å². The molecular formula is C14H18N2O4. The number of nitro benzene ring substituents is 1. The van der Waals surface area contributed by atoms with Gasteiger partial charge in [-0.25, -0.2) is 0 Å². The fourth-order valence-electron chi connectivity index (χ4n) is 2.27. The van der Waals surface area contributed by atoms with Gasteiger partial charge in [0.05, 0.1) is 11.5 Å². The van der Waals surface area contributed by atoms with Crippen molar-refractivity contribution in [3.63, 3.8) is 0 Å². The van der Waals surface area contributed by atoms with Gasteiger partial charge in [0.2, 0.25) is 0 Å². The van der Waals surface area contributed by atoms with E-state index in [0.717, 1.165) is 24.9 Å². The van der Waals surface area contributed by atoms with E-state index in [-0.39, 0.29) is 18.3 Å². The third-order valence-electron chi connectivity index (χ3n) is 3.64. The van der Waals surface area contributed by atoms with Crippen LogP contribution in [0.3, 0.4) is 0 Å². The Kier molecular flexibility index (Phi) is 4.34. The summed E-state index contributed by atoms with van der Waals surface area (Å²) in [6, 6.07) is 6.26. The van der Waals surface area contributed by atoms with Gasteiger partial charge >= 0.3 is 5.97 Å². The summed E-state index contributed by atoms with van der Waals surface area (Å²) in [5.74, 6) is -0.307. The molecule has 0 bridgehead atoms. The minimum atomic E-state index is -0.872. The number of aliphatic carboxylic acids is 1. The number of carbonyl (C=O) groups is 1. The summed E-state index contributed by atoms with van der Waals surface area (Å²) in [5, 5.41) is 19.8. The molecule has 0 saturated heterocycles. The quantitative estimate of drug-likeness (QED) is 0.611. The van der Waals surface area contributed by atoms with Crippen LogP contribution < -0.4 is 0 Å². The first-order valence-corrected chi connectivity index (χ1v) is 6.67. The first-order valence-electron chi connectivity index (χ1n) is 6.67. The second kappa shape index (κ2) is 6.00. The standard InChI is InChI=1S/C14H18N2O4/c1-10(12-3-2-4-13(7-12)16(19)20)15(9-14(17)18)8-11-5-6-11/h2-4,7,10-11H,5-6,8-9H2,1H3,(H,17,18). The molecule has 0 spiro atoms. The van der Waals surface area contributed by atoms with Crippen LogP contribution in [0.4, 0.5) is 5.69 Å². The minimum absolute atomic E-state index is 0.0380. The van der Waals surface area contributed by atoms with Gasteiger partial charge in [-0.2, -0.15) is 0 Å². The Hall–Kier alpha value is -1.95. The van der Waals surface area contributed by atoms with Crippen molar-refractivity contribution in [3.05, 3.63) is 39.9 Å². The molecule has 1 N–H and O–H groups in total.